The van der Waals surface area contributed by atoms with Gasteiger partial charge >= 0.3 is 11.9 Å². The Hall–Kier alpha value is -2.04. The number of esters is 1. The number of methoxy groups -OCH3 is 1. The highest BCUT2D eigenvalue weighted by atomic mass is 16.5. The van der Waals surface area contributed by atoms with Crippen molar-refractivity contribution in [1.82, 2.24) is 0 Å². The Morgan fingerprint density at radius 2 is 2.28 bits per heavy atom. The van der Waals surface area contributed by atoms with Crippen LogP contribution >= 0.6 is 0 Å². The summed E-state index contributed by atoms with van der Waals surface area (Å²) >= 11 is 0. The number of aliphatic carboxylic acids is 1. The molecule has 2 rings (SSSR count). The van der Waals surface area contributed by atoms with E-state index in [1.165, 1.54) is 7.11 Å². The lowest BCUT2D eigenvalue weighted by atomic mass is 10.2. The predicted molar refractivity (Wildman–Crippen MR) is 65.5 cm³/mol. The van der Waals surface area contributed by atoms with Crippen molar-refractivity contribution in [3.63, 3.8) is 0 Å². The Bertz CT molecular complexity index is 472. The molecule has 2 unspecified atom stereocenters. The summed E-state index contributed by atoms with van der Waals surface area (Å²) in [6.07, 6.45) is 0.721. The fraction of sp³-hybridized carbons (Fsp3) is 0.385. The maximum atomic E-state index is 11.3. The number of nitrogens with one attached hydrogen (secondary N) is 1. The van der Waals surface area contributed by atoms with Gasteiger partial charge in [0.1, 0.15) is 0 Å². The van der Waals surface area contributed by atoms with Crippen LogP contribution in [-0.4, -0.2) is 30.7 Å². The van der Waals surface area contributed by atoms with Crippen molar-refractivity contribution in [1.29, 1.82) is 0 Å². The zero-order valence-electron chi connectivity index (χ0n) is 10.1. The summed E-state index contributed by atoms with van der Waals surface area (Å²) in [7, 11) is 1.34. The van der Waals surface area contributed by atoms with Gasteiger partial charge in [-0.25, -0.2) is 4.79 Å². The summed E-state index contributed by atoms with van der Waals surface area (Å²) in [6, 6.07) is 6.97. The monoisotopic (exact) mass is 249 g/mol. The second-order valence-electron chi connectivity index (χ2n) is 4.39. The van der Waals surface area contributed by atoms with Crippen LogP contribution in [0.3, 0.4) is 0 Å². The van der Waals surface area contributed by atoms with Crippen LogP contribution < -0.4 is 5.32 Å². The number of benzene rings is 1. The number of hydrogen-bond donors (Lipinski definition) is 2. The lowest BCUT2D eigenvalue weighted by molar-refractivity contribution is -0.138. The average molecular weight is 249 g/mol. The van der Waals surface area contributed by atoms with E-state index in [0.29, 0.717) is 12.1 Å². The van der Waals surface area contributed by atoms with E-state index in [-0.39, 0.29) is 17.8 Å². The van der Waals surface area contributed by atoms with Crippen molar-refractivity contribution >= 4 is 17.6 Å². The maximum absolute atomic E-state index is 11.3. The highest BCUT2D eigenvalue weighted by Crippen LogP contribution is 2.38. The van der Waals surface area contributed by atoms with E-state index in [9.17, 15) is 9.59 Å². The van der Waals surface area contributed by atoms with Crippen LogP contribution in [0.5, 0.6) is 0 Å². The second-order valence-corrected chi connectivity index (χ2v) is 4.39. The molecule has 0 heterocycles. The van der Waals surface area contributed by atoms with Crippen molar-refractivity contribution in [2.24, 2.45) is 11.8 Å². The third-order valence-corrected chi connectivity index (χ3v) is 3.09. The molecule has 0 aromatic heterocycles. The number of anilines is 1. The molecule has 5 nitrogen and oxygen atoms in total. The molecule has 2 N–H and O–H groups in total. The smallest absolute Gasteiger partial charge is 0.337 e. The Morgan fingerprint density at radius 1 is 1.50 bits per heavy atom. The van der Waals surface area contributed by atoms with Gasteiger partial charge in [-0.2, -0.15) is 0 Å². The number of carboxylic acid groups (broad SMARTS) is 1. The number of carbonyl (C=O) groups is 2. The fourth-order valence-electron chi connectivity index (χ4n) is 1.90. The number of ether oxygens (including phenoxy) is 1. The fourth-order valence-corrected chi connectivity index (χ4v) is 1.90. The summed E-state index contributed by atoms with van der Waals surface area (Å²) in [5.41, 5.74) is 1.28. The van der Waals surface area contributed by atoms with E-state index in [1.807, 2.05) is 6.07 Å². The largest absolute Gasteiger partial charge is 0.481 e. The molecule has 18 heavy (non-hydrogen) atoms. The molecule has 1 fully saturated rings. The van der Waals surface area contributed by atoms with Gasteiger partial charge in [0.25, 0.3) is 0 Å². The van der Waals surface area contributed by atoms with Gasteiger partial charge in [-0.3, -0.25) is 4.79 Å². The molecule has 0 bridgehead atoms. The summed E-state index contributed by atoms with van der Waals surface area (Å²) in [5, 5.41) is 11.9. The first-order valence-electron chi connectivity index (χ1n) is 5.77. The van der Waals surface area contributed by atoms with Crippen molar-refractivity contribution in [2.45, 2.75) is 6.42 Å². The number of carboxylic acids is 1. The molecule has 1 aromatic carbocycles. The van der Waals surface area contributed by atoms with Gasteiger partial charge in [-0.1, -0.05) is 6.07 Å². The Morgan fingerprint density at radius 3 is 2.89 bits per heavy atom. The van der Waals surface area contributed by atoms with Gasteiger partial charge in [-0.15, -0.1) is 0 Å². The van der Waals surface area contributed by atoms with Gasteiger partial charge < -0.3 is 15.2 Å². The highest BCUT2D eigenvalue weighted by Gasteiger charge is 2.42. The summed E-state index contributed by atoms with van der Waals surface area (Å²) in [4.78, 5) is 22.0. The van der Waals surface area contributed by atoms with Crippen LogP contribution in [0.1, 0.15) is 16.8 Å². The van der Waals surface area contributed by atoms with E-state index in [2.05, 4.69) is 10.1 Å². The Balaban J connectivity index is 1.90. The molecule has 0 saturated heterocycles. The first kappa shape index (κ1) is 12.4. The van der Waals surface area contributed by atoms with Crippen molar-refractivity contribution in [2.75, 3.05) is 19.0 Å². The molecule has 96 valence electrons. The first-order chi connectivity index (χ1) is 8.61. The Kier molecular flexibility index (Phi) is 3.50. The second kappa shape index (κ2) is 5.08. The quantitative estimate of drug-likeness (QED) is 0.775. The van der Waals surface area contributed by atoms with E-state index in [0.717, 1.165) is 12.1 Å². The molecule has 0 radical (unpaired) electrons. The van der Waals surface area contributed by atoms with Crippen LogP contribution in [-0.2, 0) is 9.53 Å². The van der Waals surface area contributed by atoms with Crippen LogP contribution in [0.15, 0.2) is 24.3 Å². The minimum atomic E-state index is -0.731. The minimum absolute atomic E-state index is 0.185. The normalized spacial score (nSPS) is 21.2. The van der Waals surface area contributed by atoms with E-state index in [1.54, 1.807) is 18.2 Å². The van der Waals surface area contributed by atoms with Gasteiger partial charge in [0.05, 0.1) is 18.6 Å². The molecule has 1 aliphatic carbocycles. The van der Waals surface area contributed by atoms with Crippen LogP contribution in [0.2, 0.25) is 0 Å². The van der Waals surface area contributed by atoms with Crippen LogP contribution in [0.25, 0.3) is 0 Å². The molecule has 5 heteroatoms. The standard InChI is InChI=1S/C13H15NO4/c1-18-13(17)8-3-2-4-10(5-8)14-7-9-6-11(9)12(15)16/h2-5,9,11,14H,6-7H2,1H3,(H,15,16). The zero-order valence-corrected chi connectivity index (χ0v) is 10.1. The van der Waals surface area contributed by atoms with Gasteiger partial charge in [0.15, 0.2) is 0 Å². The minimum Gasteiger partial charge on any atom is -0.481 e. The molecule has 1 aromatic rings. The number of rotatable bonds is 5. The zero-order chi connectivity index (χ0) is 13.1. The average Bonchev–Trinajstić information content (AvgIpc) is 3.15. The topological polar surface area (TPSA) is 75.6 Å². The summed E-state index contributed by atoms with van der Waals surface area (Å²) in [6.45, 7) is 0.613. The molecule has 2 atom stereocenters. The number of carbonyl (C=O) groups excluding carboxylic acids is 1. The summed E-state index contributed by atoms with van der Waals surface area (Å²) in [5.74, 6) is -1.15. The molecular formula is C13H15NO4. The van der Waals surface area contributed by atoms with Crippen LogP contribution in [0, 0.1) is 11.8 Å². The third-order valence-electron chi connectivity index (χ3n) is 3.09. The molecule has 0 amide bonds. The van der Waals surface area contributed by atoms with E-state index in [4.69, 9.17) is 5.11 Å². The van der Waals surface area contributed by atoms with Gasteiger partial charge in [-0.05, 0) is 30.5 Å². The Labute approximate surface area is 105 Å². The summed E-state index contributed by atoms with van der Waals surface area (Å²) < 4.78 is 4.63. The lowest BCUT2D eigenvalue weighted by Gasteiger charge is -2.07. The lowest BCUT2D eigenvalue weighted by Crippen LogP contribution is -2.09. The van der Waals surface area contributed by atoms with Crippen molar-refractivity contribution in [3.05, 3.63) is 29.8 Å². The molecule has 0 spiro atoms. The molecule has 0 aliphatic heterocycles. The first-order valence-corrected chi connectivity index (χ1v) is 5.77. The molecule has 1 saturated carbocycles. The third kappa shape index (κ3) is 2.80. The van der Waals surface area contributed by atoms with E-state index >= 15 is 0 Å². The van der Waals surface area contributed by atoms with Crippen molar-refractivity contribution < 1.29 is 19.4 Å². The highest BCUT2D eigenvalue weighted by molar-refractivity contribution is 5.90. The van der Waals surface area contributed by atoms with E-state index < -0.39 is 5.97 Å². The van der Waals surface area contributed by atoms with Crippen molar-refractivity contribution in [3.8, 4) is 0 Å². The van der Waals surface area contributed by atoms with Gasteiger partial charge in [0, 0.05) is 12.2 Å². The van der Waals surface area contributed by atoms with Gasteiger partial charge in [0.2, 0.25) is 0 Å². The van der Waals surface area contributed by atoms with Crippen LogP contribution in [0.4, 0.5) is 5.69 Å². The predicted octanol–water partition coefficient (Wildman–Crippen LogP) is 1.61. The molecule has 1 aliphatic rings. The SMILES string of the molecule is COC(=O)c1cccc(NCC2CC2C(=O)O)c1. The molecular weight excluding hydrogens is 234 g/mol. The number of hydrogen-bond acceptors (Lipinski definition) is 4. The maximum Gasteiger partial charge on any atom is 0.337 e.